The minimum Gasteiger partial charge on any atom is -0.352 e. The average molecular weight is 609 g/mol. The number of sulfonamides is 1. The second-order valence-corrected chi connectivity index (χ2v) is 12.2. The molecule has 214 valence electrons. The van der Waals surface area contributed by atoms with E-state index in [-0.39, 0.29) is 40.3 Å². The van der Waals surface area contributed by atoms with Gasteiger partial charge in [-0.25, -0.2) is 12.8 Å². The van der Waals surface area contributed by atoms with Gasteiger partial charge in [-0.1, -0.05) is 78.7 Å². The number of carbonyl (C=O) groups is 2. The van der Waals surface area contributed by atoms with Crippen molar-refractivity contribution in [1.29, 1.82) is 0 Å². The van der Waals surface area contributed by atoms with Gasteiger partial charge in [-0.15, -0.1) is 0 Å². The monoisotopic (exact) mass is 607 g/mol. The molecular formula is C29H32Cl2FN3O4S. The van der Waals surface area contributed by atoms with Crippen LogP contribution >= 0.6 is 23.2 Å². The topological polar surface area (TPSA) is 86.8 Å². The Morgan fingerprint density at radius 2 is 1.62 bits per heavy atom. The zero-order valence-electron chi connectivity index (χ0n) is 22.5. The average Bonchev–Trinajstić information content (AvgIpc) is 2.91. The van der Waals surface area contributed by atoms with Crippen LogP contribution in [-0.2, 0) is 32.6 Å². The maximum Gasteiger partial charge on any atom is 0.244 e. The number of anilines is 1. The fourth-order valence-corrected chi connectivity index (χ4v) is 5.19. The van der Waals surface area contributed by atoms with Crippen LogP contribution in [0.15, 0.2) is 72.8 Å². The Labute approximate surface area is 244 Å². The summed E-state index contributed by atoms with van der Waals surface area (Å²) in [6.07, 6.45) is 1.75. The van der Waals surface area contributed by atoms with Gasteiger partial charge in [0, 0.05) is 24.6 Å². The molecule has 0 heterocycles. The van der Waals surface area contributed by atoms with Crippen LogP contribution in [0.3, 0.4) is 0 Å². The largest absolute Gasteiger partial charge is 0.352 e. The summed E-state index contributed by atoms with van der Waals surface area (Å²) >= 11 is 12.1. The summed E-state index contributed by atoms with van der Waals surface area (Å²) in [7, 11) is -3.98. The van der Waals surface area contributed by atoms with Crippen molar-refractivity contribution in [1.82, 2.24) is 10.2 Å². The Morgan fingerprint density at radius 3 is 2.23 bits per heavy atom. The van der Waals surface area contributed by atoms with Crippen molar-refractivity contribution in [2.45, 2.75) is 45.3 Å². The van der Waals surface area contributed by atoms with Gasteiger partial charge in [0.1, 0.15) is 18.4 Å². The third kappa shape index (κ3) is 8.43. The Hall–Kier alpha value is -3.14. The smallest absolute Gasteiger partial charge is 0.244 e. The second kappa shape index (κ2) is 14.0. The molecule has 11 heteroatoms. The lowest BCUT2D eigenvalue weighted by molar-refractivity contribution is -0.140. The third-order valence-electron chi connectivity index (χ3n) is 6.44. The van der Waals surface area contributed by atoms with E-state index < -0.39 is 40.2 Å². The molecule has 40 heavy (non-hydrogen) atoms. The normalized spacial score (nSPS) is 12.8. The van der Waals surface area contributed by atoms with Crippen LogP contribution in [0.5, 0.6) is 0 Å². The van der Waals surface area contributed by atoms with Gasteiger partial charge in [-0.3, -0.25) is 13.9 Å². The first kappa shape index (κ1) is 31.4. The predicted molar refractivity (Wildman–Crippen MR) is 157 cm³/mol. The van der Waals surface area contributed by atoms with Gasteiger partial charge >= 0.3 is 0 Å². The van der Waals surface area contributed by atoms with Crippen LogP contribution in [0, 0.1) is 5.82 Å². The summed E-state index contributed by atoms with van der Waals surface area (Å²) in [6.45, 7) is 2.86. The summed E-state index contributed by atoms with van der Waals surface area (Å²) in [4.78, 5) is 28.8. The lowest BCUT2D eigenvalue weighted by Gasteiger charge is -2.34. The number of benzene rings is 3. The Morgan fingerprint density at radius 1 is 0.975 bits per heavy atom. The molecule has 0 aromatic heterocycles. The highest BCUT2D eigenvalue weighted by Crippen LogP contribution is 2.29. The number of hydrogen-bond acceptors (Lipinski definition) is 4. The first-order valence-electron chi connectivity index (χ1n) is 12.7. The van der Waals surface area contributed by atoms with Crippen LogP contribution < -0.4 is 9.62 Å². The molecule has 0 fully saturated rings. The molecule has 2 atom stereocenters. The molecule has 2 amide bonds. The van der Waals surface area contributed by atoms with Gasteiger partial charge in [0.2, 0.25) is 21.8 Å². The van der Waals surface area contributed by atoms with E-state index in [4.69, 9.17) is 23.2 Å². The predicted octanol–water partition coefficient (Wildman–Crippen LogP) is 5.45. The quantitative estimate of drug-likeness (QED) is 0.296. The molecule has 3 aromatic carbocycles. The highest BCUT2D eigenvalue weighted by Gasteiger charge is 2.34. The minimum atomic E-state index is -3.98. The molecule has 0 aliphatic heterocycles. The van der Waals surface area contributed by atoms with Gasteiger partial charge in [0.05, 0.1) is 22.0 Å². The van der Waals surface area contributed by atoms with Crippen molar-refractivity contribution in [2.75, 3.05) is 17.1 Å². The molecule has 0 aliphatic carbocycles. The number of hydrogen-bond donors (Lipinski definition) is 1. The van der Waals surface area contributed by atoms with Gasteiger partial charge in [-0.05, 0) is 43.2 Å². The first-order valence-corrected chi connectivity index (χ1v) is 15.3. The lowest BCUT2D eigenvalue weighted by Crippen LogP contribution is -2.54. The van der Waals surface area contributed by atoms with E-state index in [2.05, 4.69) is 5.32 Å². The SMILES string of the molecule is CC[C@H](C)NC(=O)[C@@H](Cc1ccccc1)N(Cc1ccccc1F)C(=O)CN(c1ccc(Cl)c(Cl)c1)S(C)(=O)=O. The third-order valence-corrected chi connectivity index (χ3v) is 8.32. The van der Waals surface area contributed by atoms with E-state index in [9.17, 15) is 22.4 Å². The first-order chi connectivity index (χ1) is 18.9. The van der Waals surface area contributed by atoms with Crippen LogP contribution in [0.25, 0.3) is 0 Å². The molecule has 0 radical (unpaired) electrons. The maximum absolute atomic E-state index is 14.8. The number of rotatable bonds is 12. The van der Waals surface area contributed by atoms with Gasteiger partial charge in [0.25, 0.3) is 0 Å². The number of nitrogens with zero attached hydrogens (tertiary/aromatic N) is 2. The number of amides is 2. The molecule has 0 aliphatic rings. The number of carbonyl (C=O) groups excluding carboxylic acids is 2. The lowest BCUT2D eigenvalue weighted by atomic mass is 10.0. The van der Waals surface area contributed by atoms with Gasteiger partial charge in [0.15, 0.2) is 0 Å². The molecule has 3 aromatic rings. The fourth-order valence-electron chi connectivity index (χ4n) is 4.06. The highest BCUT2D eigenvalue weighted by molar-refractivity contribution is 7.92. The van der Waals surface area contributed by atoms with E-state index in [0.29, 0.717) is 6.42 Å². The second-order valence-electron chi connectivity index (χ2n) is 9.50. The van der Waals surface area contributed by atoms with E-state index in [0.717, 1.165) is 16.1 Å². The molecule has 1 N–H and O–H groups in total. The van der Waals surface area contributed by atoms with Crippen LogP contribution in [0.4, 0.5) is 10.1 Å². The maximum atomic E-state index is 14.8. The van der Waals surface area contributed by atoms with Crippen molar-refractivity contribution in [2.24, 2.45) is 0 Å². The summed E-state index contributed by atoms with van der Waals surface area (Å²) < 4.78 is 41.3. The van der Waals surface area contributed by atoms with Crippen molar-refractivity contribution in [3.05, 3.63) is 99.8 Å². The molecule has 0 bridgehead atoms. The minimum absolute atomic E-state index is 0.110. The molecule has 0 unspecified atom stereocenters. The van der Waals surface area contributed by atoms with Crippen molar-refractivity contribution < 1.29 is 22.4 Å². The van der Waals surface area contributed by atoms with Crippen LogP contribution in [0.2, 0.25) is 10.0 Å². The molecular weight excluding hydrogens is 576 g/mol. The Balaban J connectivity index is 2.08. The molecule has 0 saturated heterocycles. The van der Waals surface area contributed by atoms with E-state index in [1.54, 1.807) is 6.07 Å². The summed E-state index contributed by atoms with van der Waals surface area (Å²) in [5.41, 5.74) is 1.09. The molecule has 7 nitrogen and oxygen atoms in total. The number of halogens is 3. The van der Waals surface area contributed by atoms with Crippen molar-refractivity contribution in [3.8, 4) is 0 Å². The summed E-state index contributed by atoms with van der Waals surface area (Å²) in [6, 6.07) is 18.0. The van der Waals surface area contributed by atoms with Gasteiger partial charge < -0.3 is 10.2 Å². The van der Waals surface area contributed by atoms with Crippen LogP contribution in [0.1, 0.15) is 31.4 Å². The van der Waals surface area contributed by atoms with Crippen molar-refractivity contribution in [3.63, 3.8) is 0 Å². The standard InChI is InChI=1S/C29H32Cl2FN3O4S/c1-4-20(2)33-29(37)27(16-21-10-6-5-7-11-21)34(18-22-12-8-9-13-26(22)32)28(36)19-35(40(3,38)39)23-14-15-24(30)25(31)17-23/h5-15,17,20,27H,4,16,18-19H2,1-3H3,(H,33,37)/t20-,27+/m0/s1. The van der Waals surface area contributed by atoms with E-state index in [1.165, 1.54) is 41.3 Å². The number of nitrogens with one attached hydrogen (secondary N) is 1. The zero-order chi connectivity index (χ0) is 29.4. The van der Waals surface area contributed by atoms with Crippen LogP contribution in [-0.4, -0.2) is 50.0 Å². The zero-order valence-corrected chi connectivity index (χ0v) is 24.8. The fraction of sp³-hybridized carbons (Fsp3) is 0.310. The summed E-state index contributed by atoms with van der Waals surface area (Å²) in [5.74, 6) is -1.67. The Bertz CT molecular complexity index is 1440. The Kier molecular flexibility index (Phi) is 11.0. The van der Waals surface area contributed by atoms with E-state index >= 15 is 0 Å². The molecule has 0 saturated carbocycles. The van der Waals surface area contributed by atoms with Gasteiger partial charge in [-0.2, -0.15) is 0 Å². The summed E-state index contributed by atoms with van der Waals surface area (Å²) in [5, 5.41) is 3.25. The molecule has 3 rings (SSSR count). The molecule has 0 spiro atoms. The van der Waals surface area contributed by atoms with E-state index in [1.807, 2.05) is 44.2 Å². The van der Waals surface area contributed by atoms with Crippen molar-refractivity contribution >= 4 is 50.7 Å². The highest BCUT2D eigenvalue weighted by atomic mass is 35.5.